The Hall–Kier alpha value is -0.250. The van der Waals surface area contributed by atoms with Gasteiger partial charge in [0, 0.05) is 24.4 Å². The van der Waals surface area contributed by atoms with Gasteiger partial charge < -0.3 is 5.32 Å². The molecule has 2 heterocycles. The molecule has 70 valence electrons. The average Bonchev–Trinajstić information content (AvgIpc) is 2.59. The molecule has 0 spiro atoms. The summed E-state index contributed by atoms with van der Waals surface area (Å²) in [5, 5.41) is 10.2. The molecule has 3 nitrogen and oxygen atoms in total. The number of hydrogen-bond acceptors (Lipinski definition) is 2. The predicted octanol–water partition coefficient (Wildman–Crippen LogP) is 1.33. The molecule has 0 saturated carbocycles. The molecular weight excluding hydrogens is 197 g/mol. The van der Waals surface area contributed by atoms with E-state index in [0.29, 0.717) is 5.92 Å². The number of nitrogens with one attached hydrogen (secondary N) is 2. The van der Waals surface area contributed by atoms with Crippen LogP contribution in [0.4, 0.5) is 0 Å². The van der Waals surface area contributed by atoms with E-state index in [4.69, 9.17) is 0 Å². The molecule has 0 unspecified atom stereocenters. The summed E-state index contributed by atoms with van der Waals surface area (Å²) in [4.78, 5) is 0. The van der Waals surface area contributed by atoms with Crippen LogP contribution in [0.2, 0.25) is 0 Å². The highest BCUT2D eigenvalue weighted by Gasteiger charge is 2.16. The Balaban J connectivity index is 0.000000605. The molecule has 0 aromatic carbocycles. The van der Waals surface area contributed by atoms with Crippen LogP contribution in [-0.4, -0.2) is 23.3 Å². The molecule has 0 amide bonds. The standard InChI is InChI=1S/C7H11N3.2ClH/c1-3-8-5-6(1)7-2-4-9-10-7;;/h2,4,6,8H,1,3,5H2,(H,9,10);2*1H/t6-;;/m1../s1. The normalized spacial score (nSPS) is 21.2. The van der Waals surface area contributed by atoms with E-state index >= 15 is 0 Å². The van der Waals surface area contributed by atoms with Crippen LogP contribution in [0.25, 0.3) is 0 Å². The van der Waals surface area contributed by atoms with Crippen molar-refractivity contribution in [1.82, 2.24) is 15.5 Å². The van der Waals surface area contributed by atoms with E-state index in [-0.39, 0.29) is 24.8 Å². The Morgan fingerprint density at radius 1 is 1.42 bits per heavy atom. The summed E-state index contributed by atoms with van der Waals surface area (Å²) in [6.45, 7) is 2.24. The van der Waals surface area contributed by atoms with Crippen molar-refractivity contribution in [2.75, 3.05) is 13.1 Å². The molecule has 2 rings (SSSR count). The monoisotopic (exact) mass is 209 g/mol. The third-order valence-electron chi connectivity index (χ3n) is 2.02. The van der Waals surface area contributed by atoms with Crippen LogP contribution in [0.15, 0.2) is 12.3 Å². The number of aromatic nitrogens is 2. The first-order valence-electron chi connectivity index (χ1n) is 3.67. The number of rotatable bonds is 1. The van der Waals surface area contributed by atoms with Gasteiger partial charge in [0.15, 0.2) is 0 Å². The van der Waals surface area contributed by atoms with E-state index < -0.39 is 0 Å². The maximum absolute atomic E-state index is 3.91. The minimum absolute atomic E-state index is 0. The van der Waals surface area contributed by atoms with Crippen molar-refractivity contribution in [2.45, 2.75) is 12.3 Å². The SMILES string of the molecule is Cl.Cl.c1cc([C@@H]2CCNC2)[nH]n1. The second kappa shape index (κ2) is 5.41. The maximum atomic E-state index is 3.91. The smallest absolute Gasteiger partial charge is 0.0490 e. The van der Waals surface area contributed by atoms with Gasteiger partial charge in [-0.25, -0.2) is 0 Å². The van der Waals surface area contributed by atoms with Gasteiger partial charge in [-0.1, -0.05) is 0 Å². The van der Waals surface area contributed by atoms with Gasteiger partial charge in [-0.15, -0.1) is 24.8 Å². The quantitative estimate of drug-likeness (QED) is 0.734. The van der Waals surface area contributed by atoms with Crippen molar-refractivity contribution in [3.63, 3.8) is 0 Å². The Kier molecular flexibility index (Phi) is 5.29. The highest BCUT2D eigenvalue weighted by Crippen LogP contribution is 2.18. The van der Waals surface area contributed by atoms with Crippen LogP contribution in [0, 0.1) is 0 Å². The van der Waals surface area contributed by atoms with Crippen LogP contribution in [0.3, 0.4) is 0 Å². The Morgan fingerprint density at radius 3 is 2.75 bits per heavy atom. The first kappa shape index (κ1) is 11.8. The summed E-state index contributed by atoms with van der Waals surface area (Å²) in [5.41, 5.74) is 1.27. The predicted molar refractivity (Wildman–Crippen MR) is 53.3 cm³/mol. The van der Waals surface area contributed by atoms with E-state index in [1.807, 2.05) is 6.20 Å². The fraction of sp³-hybridized carbons (Fsp3) is 0.571. The first-order valence-corrected chi connectivity index (χ1v) is 3.67. The third kappa shape index (κ3) is 2.37. The van der Waals surface area contributed by atoms with E-state index in [2.05, 4.69) is 21.6 Å². The van der Waals surface area contributed by atoms with Crippen LogP contribution in [0.1, 0.15) is 18.0 Å². The van der Waals surface area contributed by atoms with Gasteiger partial charge in [0.25, 0.3) is 0 Å². The maximum Gasteiger partial charge on any atom is 0.0490 e. The van der Waals surface area contributed by atoms with Gasteiger partial charge in [0.1, 0.15) is 0 Å². The van der Waals surface area contributed by atoms with Crippen molar-refractivity contribution in [1.29, 1.82) is 0 Å². The van der Waals surface area contributed by atoms with Gasteiger partial charge in [-0.05, 0) is 19.0 Å². The van der Waals surface area contributed by atoms with Crippen LogP contribution in [-0.2, 0) is 0 Å². The van der Waals surface area contributed by atoms with Gasteiger partial charge in [-0.3, -0.25) is 5.10 Å². The molecule has 1 atom stereocenters. The van der Waals surface area contributed by atoms with E-state index in [0.717, 1.165) is 13.1 Å². The highest BCUT2D eigenvalue weighted by molar-refractivity contribution is 5.85. The molecule has 1 aliphatic rings. The molecule has 1 fully saturated rings. The molecule has 0 aliphatic carbocycles. The number of nitrogens with zero attached hydrogens (tertiary/aromatic N) is 1. The van der Waals surface area contributed by atoms with Gasteiger partial charge in [-0.2, -0.15) is 5.10 Å². The lowest BCUT2D eigenvalue weighted by Gasteiger charge is -2.02. The van der Waals surface area contributed by atoms with Gasteiger partial charge >= 0.3 is 0 Å². The number of hydrogen-bond donors (Lipinski definition) is 2. The lowest BCUT2D eigenvalue weighted by Crippen LogP contribution is -2.08. The topological polar surface area (TPSA) is 40.7 Å². The van der Waals surface area contributed by atoms with Crippen molar-refractivity contribution < 1.29 is 0 Å². The van der Waals surface area contributed by atoms with E-state index in [9.17, 15) is 0 Å². The molecule has 12 heavy (non-hydrogen) atoms. The summed E-state index contributed by atoms with van der Waals surface area (Å²) in [5.74, 6) is 0.669. The fourth-order valence-corrected chi connectivity index (χ4v) is 1.41. The zero-order valence-corrected chi connectivity index (χ0v) is 8.25. The summed E-state index contributed by atoms with van der Waals surface area (Å²) in [6, 6.07) is 2.05. The molecular formula is C7H13Cl2N3. The lowest BCUT2D eigenvalue weighted by molar-refractivity contribution is 0.729. The van der Waals surface area contributed by atoms with Gasteiger partial charge in [0.2, 0.25) is 0 Å². The molecule has 0 radical (unpaired) electrons. The second-order valence-corrected chi connectivity index (χ2v) is 2.70. The number of aromatic amines is 1. The zero-order chi connectivity index (χ0) is 6.81. The van der Waals surface area contributed by atoms with Crippen LogP contribution >= 0.6 is 24.8 Å². The summed E-state index contributed by atoms with van der Waals surface area (Å²) in [6.07, 6.45) is 3.05. The summed E-state index contributed by atoms with van der Waals surface area (Å²) < 4.78 is 0. The van der Waals surface area contributed by atoms with Crippen LogP contribution in [0.5, 0.6) is 0 Å². The minimum atomic E-state index is 0. The van der Waals surface area contributed by atoms with Crippen molar-refractivity contribution in [2.24, 2.45) is 0 Å². The van der Waals surface area contributed by atoms with Crippen LogP contribution < -0.4 is 5.32 Å². The van der Waals surface area contributed by atoms with E-state index in [1.54, 1.807) is 0 Å². The average molecular weight is 210 g/mol. The Labute approximate surface area is 84.1 Å². The fourth-order valence-electron chi connectivity index (χ4n) is 1.41. The molecule has 1 saturated heterocycles. The lowest BCUT2D eigenvalue weighted by atomic mass is 10.1. The van der Waals surface area contributed by atoms with E-state index in [1.165, 1.54) is 12.1 Å². The van der Waals surface area contributed by atoms with Crippen molar-refractivity contribution >= 4 is 24.8 Å². The summed E-state index contributed by atoms with van der Waals surface area (Å²) >= 11 is 0. The third-order valence-corrected chi connectivity index (χ3v) is 2.02. The molecule has 0 bridgehead atoms. The summed E-state index contributed by atoms with van der Waals surface area (Å²) in [7, 11) is 0. The minimum Gasteiger partial charge on any atom is -0.316 e. The van der Waals surface area contributed by atoms with Gasteiger partial charge in [0.05, 0.1) is 0 Å². The highest BCUT2D eigenvalue weighted by atomic mass is 35.5. The van der Waals surface area contributed by atoms with Crippen molar-refractivity contribution in [3.8, 4) is 0 Å². The number of halogens is 2. The zero-order valence-electron chi connectivity index (χ0n) is 6.62. The second-order valence-electron chi connectivity index (χ2n) is 2.70. The molecule has 1 aliphatic heterocycles. The molecule has 5 heteroatoms. The Morgan fingerprint density at radius 2 is 2.25 bits per heavy atom. The molecule has 1 aromatic heterocycles. The largest absolute Gasteiger partial charge is 0.316 e. The molecule has 1 aromatic rings. The Bertz CT molecular complexity index is 194. The first-order chi connectivity index (χ1) is 4.97. The van der Waals surface area contributed by atoms with Crippen molar-refractivity contribution in [3.05, 3.63) is 18.0 Å². The number of H-pyrrole nitrogens is 1. The molecule has 2 N–H and O–H groups in total.